The van der Waals surface area contributed by atoms with Crippen LogP contribution in [0.1, 0.15) is 28.2 Å². The van der Waals surface area contributed by atoms with Crippen LogP contribution in [0, 0.1) is 14.9 Å². The van der Waals surface area contributed by atoms with E-state index >= 15 is 0 Å². The maximum Gasteiger partial charge on any atom is 0.280 e. The van der Waals surface area contributed by atoms with Gasteiger partial charge in [-0.2, -0.15) is 5.26 Å². The number of alkyl halides is 2. The van der Waals surface area contributed by atoms with E-state index < -0.39 is 17.4 Å². The molecule has 1 heterocycles. The van der Waals surface area contributed by atoms with E-state index in [2.05, 4.69) is 4.98 Å². The second-order valence-corrected chi connectivity index (χ2v) is 3.87. The molecule has 15 heavy (non-hydrogen) atoms. The van der Waals surface area contributed by atoms with Crippen LogP contribution in [0.4, 0.5) is 8.78 Å². The van der Waals surface area contributed by atoms with Crippen LogP contribution in [0.2, 0.25) is 0 Å². The topological polar surface area (TPSA) is 53.8 Å². The van der Waals surface area contributed by atoms with Crippen LogP contribution >= 0.6 is 34.2 Å². The quantitative estimate of drug-likeness (QED) is 0.613. The third-order valence-electron chi connectivity index (χ3n) is 1.51. The Morgan fingerprint density at radius 1 is 1.67 bits per heavy atom. The van der Waals surface area contributed by atoms with Gasteiger partial charge in [-0.1, -0.05) is 0 Å². The molecule has 0 aliphatic rings. The van der Waals surface area contributed by atoms with Crippen molar-refractivity contribution >= 4 is 39.4 Å². The number of aromatic nitrogens is 1. The molecule has 0 saturated carbocycles. The van der Waals surface area contributed by atoms with Crippen LogP contribution in [-0.4, -0.2) is 10.2 Å². The van der Waals surface area contributed by atoms with Crippen molar-refractivity contribution in [2.75, 3.05) is 0 Å². The minimum absolute atomic E-state index is 0.0371. The molecule has 0 saturated heterocycles. The number of rotatable bonds is 2. The molecule has 0 aliphatic carbocycles. The van der Waals surface area contributed by atoms with Crippen molar-refractivity contribution in [1.29, 1.82) is 5.26 Å². The Labute approximate surface area is 102 Å². The molecule has 0 fully saturated rings. The fourth-order valence-corrected chi connectivity index (χ4v) is 1.81. The monoisotopic (exact) mass is 342 g/mol. The van der Waals surface area contributed by atoms with Gasteiger partial charge in [-0.15, -0.1) is 0 Å². The van der Waals surface area contributed by atoms with E-state index in [1.807, 2.05) is 0 Å². The van der Waals surface area contributed by atoms with Gasteiger partial charge in [0.1, 0.15) is 17.5 Å². The number of hydrogen-bond donors (Lipinski definition) is 0. The molecule has 0 atom stereocenters. The van der Waals surface area contributed by atoms with Crippen LogP contribution in [0.3, 0.4) is 0 Å². The zero-order chi connectivity index (χ0) is 11.6. The van der Waals surface area contributed by atoms with E-state index in [1.54, 1.807) is 28.7 Å². The zero-order valence-corrected chi connectivity index (χ0v) is 9.88. The van der Waals surface area contributed by atoms with Gasteiger partial charge < -0.3 is 0 Å². The van der Waals surface area contributed by atoms with E-state index in [0.29, 0.717) is 0 Å². The Kier molecular flexibility index (Phi) is 3.93. The highest BCUT2D eigenvalue weighted by molar-refractivity contribution is 14.1. The highest BCUT2D eigenvalue weighted by Crippen LogP contribution is 2.23. The number of halogens is 4. The summed E-state index contributed by atoms with van der Waals surface area (Å²) in [5.41, 5.74) is -0.979. The van der Waals surface area contributed by atoms with Gasteiger partial charge in [0, 0.05) is 0 Å². The number of carbonyl (C=O) groups is 1. The molecule has 0 aliphatic heterocycles. The van der Waals surface area contributed by atoms with Crippen LogP contribution < -0.4 is 0 Å². The smallest absolute Gasteiger partial charge is 0.274 e. The van der Waals surface area contributed by atoms with Gasteiger partial charge in [-0.3, -0.25) is 4.79 Å². The molecule has 78 valence electrons. The normalized spacial score (nSPS) is 10.1. The molecule has 1 aromatic heterocycles. The average molecular weight is 342 g/mol. The second-order valence-electron chi connectivity index (χ2n) is 2.44. The summed E-state index contributed by atoms with van der Waals surface area (Å²) in [6, 6.07) is 2.63. The van der Waals surface area contributed by atoms with E-state index in [-0.39, 0.29) is 14.8 Å². The van der Waals surface area contributed by atoms with E-state index in [1.165, 1.54) is 0 Å². The fraction of sp³-hybridized carbons (Fsp3) is 0.125. The molecule has 1 aromatic rings. The third kappa shape index (κ3) is 2.60. The molecule has 0 spiro atoms. The molecule has 0 aromatic carbocycles. The minimum atomic E-state index is -2.84. The van der Waals surface area contributed by atoms with Crippen molar-refractivity contribution in [1.82, 2.24) is 4.98 Å². The lowest BCUT2D eigenvalue weighted by atomic mass is 10.2. The number of hydrogen-bond acceptors (Lipinski definition) is 3. The predicted molar refractivity (Wildman–Crippen MR) is 56.8 cm³/mol. The van der Waals surface area contributed by atoms with Gasteiger partial charge >= 0.3 is 0 Å². The van der Waals surface area contributed by atoms with Crippen LogP contribution in [0.15, 0.2) is 6.07 Å². The highest BCUT2D eigenvalue weighted by Gasteiger charge is 2.19. The molecule has 1 rings (SSSR count). The lowest BCUT2D eigenvalue weighted by Crippen LogP contribution is -2.05. The maximum atomic E-state index is 12.3. The number of carbonyl (C=O) groups excluding carboxylic acids is 1. The Morgan fingerprint density at radius 3 is 2.67 bits per heavy atom. The Bertz CT molecular complexity index is 459. The Balaban J connectivity index is 3.47. The highest BCUT2D eigenvalue weighted by atomic mass is 127. The first-order valence-corrected chi connectivity index (χ1v) is 5.01. The summed E-state index contributed by atoms with van der Waals surface area (Å²) in [6.45, 7) is 0. The lowest BCUT2D eigenvalue weighted by Gasteiger charge is -2.04. The van der Waals surface area contributed by atoms with Crippen molar-refractivity contribution in [2.45, 2.75) is 6.43 Å². The average Bonchev–Trinajstić information content (AvgIpc) is 2.17. The van der Waals surface area contributed by atoms with Crippen molar-refractivity contribution in [3.8, 4) is 6.07 Å². The number of pyridine rings is 1. The van der Waals surface area contributed by atoms with Gasteiger partial charge in [0.15, 0.2) is 0 Å². The van der Waals surface area contributed by atoms with E-state index in [9.17, 15) is 13.6 Å². The van der Waals surface area contributed by atoms with Crippen molar-refractivity contribution < 1.29 is 13.6 Å². The van der Waals surface area contributed by atoms with Gasteiger partial charge in [0.05, 0.1) is 9.13 Å². The molecular weight excluding hydrogens is 340 g/mol. The summed E-state index contributed by atoms with van der Waals surface area (Å²) < 4.78 is 24.8. The first-order chi connectivity index (χ1) is 6.97. The predicted octanol–water partition coefficient (Wildman–Crippen LogP) is 2.87. The zero-order valence-electron chi connectivity index (χ0n) is 6.97. The second kappa shape index (κ2) is 4.81. The van der Waals surface area contributed by atoms with Crippen LogP contribution in [-0.2, 0) is 0 Å². The lowest BCUT2D eigenvalue weighted by molar-refractivity contribution is 0.107. The molecule has 0 bridgehead atoms. The summed E-state index contributed by atoms with van der Waals surface area (Å²) in [5.74, 6) is 0. The molecule has 0 amide bonds. The van der Waals surface area contributed by atoms with Crippen LogP contribution in [0.5, 0.6) is 0 Å². The molecule has 0 radical (unpaired) electrons. The minimum Gasteiger partial charge on any atom is -0.274 e. The number of nitrogens with zero attached hydrogens (tertiary/aromatic N) is 2. The Hall–Kier alpha value is -0.810. The summed E-state index contributed by atoms with van der Waals surface area (Å²) in [5, 5.41) is 7.69. The molecular formula is C8H2ClF2IN2O. The third-order valence-corrected chi connectivity index (χ3v) is 2.78. The molecule has 0 N–H and O–H groups in total. The maximum absolute atomic E-state index is 12.3. The molecule has 7 heteroatoms. The van der Waals surface area contributed by atoms with Gasteiger partial charge in [0.25, 0.3) is 11.7 Å². The summed E-state index contributed by atoms with van der Waals surface area (Å²) >= 11 is 6.81. The van der Waals surface area contributed by atoms with Crippen molar-refractivity contribution in [2.24, 2.45) is 0 Å². The van der Waals surface area contributed by atoms with E-state index in [0.717, 1.165) is 6.07 Å². The van der Waals surface area contributed by atoms with Crippen LogP contribution in [0.25, 0.3) is 0 Å². The first kappa shape index (κ1) is 12.3. The summed E-state index contributed by atoms with van der Waals surface area (Å²) in [4.78, 5) is 14.2. The largest absolute Gasteiger partial charge is 0.280 e. The standard InChI is InChI=1S/C8H2ClF2IN2O/c9-7(15)6-5(12)3(2-13)1-4(14-6)8(10)11/h1,8H. The number of nitriles is 1. The molecule has 0 unspecified atom stereocenters. The molecule has 3 nitrogen and oxygen atoms in total. The van der Waals surface area contributed by atoms with Gasteiger partial charge in [-0.25, -0.2) is 13.8 Å². The van der Waals surface area contributed by atoms with Crippen molar-refractivity contribution in [3.63, 3.8) is 0 Å². The summed E-state index contributed by atoms with van der Waals surface area (Å²) in [6.07, 6.45) is -2.84. The SMILES string of the molecule is N#Cc1cc(C(F)F)nc(C(=O)Cl)c1I. The van der Waals surface area contributed by atoms with E-state index in [4.69, 9.17) is 16.9 Å². The summed E-state index contributed by atoms with van der Waals surface area (Å²) in [7, 11) is 0. The first-order valence-electron chi connectivity index (χ1n) is 3.56. The van der Waals surface area contributed by atoms with Crippen molar-refractivity contribution in [3.05, 3.63) is 26.6 Å². The van der Waals surface area contributed by atoms with Gasteiger partial charge in [0.2, 0.25) is 0 Å². The van der Waals surface area contributed by atoms with Gasteiger partial charge in [-0.05, 0) is 40.3 Å². The fourth-order valence-electron chi connectivity index (χ4n) is 0.873. The Morgan fingerprint density at radius 2 is 2.27 bits per heavy atom.